The van der Waals surface area contributed by atoms with Crippen molar-refractivity contribution >= 4 is 18.1 Å². The summed E-state index contributed by atoms with van der Waals surface area (Å²) in [6.07, 6.45) is 6.87. The molecule has 0 aliphatic heterocycles. The van der Waals surface area contributed by atoms with Gasteiger partial charge in [0, 0.05) is 12.0 Å². The van der Waals surface area contributed by atoms with Gasteiger partial charge in [0.1, 0.15) is 12.4 Å². The Labute approximate surface area is 186 Å². The van der Waals surface area contributed by atoms with E-state index >= 15 is 0 Å². The van der Waals surface area contributed by atoms with Crippen LogP contribution >= 0.6 is 0 Å². The van der Waals surface area contributed by atoms with E-state index in [4.69, 9.17) is 4.74 Å². The lowest BCUT2D eigenvalue weighted by atomic mass is 9.63. The third-order valence-corrected chi connectivity index (χ3v) is 6.22. The van der Waals surface area contributed by atoms with Gasteiger partial charge in [-0.25, -0.2) is 4.79 Å². The van der Waals surface area contributed by atoms with Crippen LogP contribution in [0.3, 0.4) is 0 Å². The number of rotatable bonds is 5. The zero-order chi connectivity index (χ0) is 22.6. The molecule has 1 N–H and O–H groups in total. The highest BCUT2D eigenvalue weighted by molar-refractivity contribution is 5.93. The molecule has 1 aliphatic carbocycles. The van der Waals surface area contributed by atoms with E-state index in [0.29, 0.717) is 12.2 Å². The van der Waals surface area contributed by atoms with E-state index in [1.165, 1.54) is 11.1 Å². The summed E-state index contributed by atoms with van der Waals surface area (Å²) < 4.78 is 6.09. The molecule has 0 saturated carbocycles. The van der Waals surface area contributed by atoms with Gasteiger partial charge in [-0.05, 0) is 58.6 Å². The molecule has 0 bridgehead atoms. The molecule has 3 heteroatoms. The summed E-state index contributed by atoms with van der Waals surface area (Å²) in [6.45, 7) is 11.5. The average Bonchev–Trinajstić information content (AvgIpc) is 2.73. The van der Waals surface area contributed by atoms with Crippen molar-refractivity contribution in [3.8, 4) is 17.6 Å². The van der Waals surface area contributed by atoms with E-state index in [9.17, 15) is 9.90 Å². The number of carboxylic acid groups (broad SMARTS) is 1. The number of fused-ring (bicyclic) bond motifs is 1. The van der Waals surface area contributed by atoms with E-state index in [1.54, 1.807) is 12.1 Å². The second-order valence-corrected chi connectivity index (χ2v) is 9.42. The van der Waals surface area contributed by atoms with Crippen LogP contribution in [0.15, 0.2) is 36.4 Å². The van der Waals surface area contributed by atoms with Gasteiger partial charge in [0.2, 0.25) is 0 Å². The van der Waals surface area contributed by atoms with Gasteiger partial charge in [-0.1, -0.05) is 70.9 Å². The molecule has 3 rings (SSSR count). The van der Waals surface area contributed by atoms with Crippen LogP contribution in [0.4, 0.5) is 0 Å². The minimum absolute atomic E-state index is 0.0764. The Balaban J connectivity index is 2.10. The topological polar surface area (TPSA) is 46.5 Å². The first kappa shape index (κ1) is 22.7. The number of hydrogen-bond acceptors (Lipinski definition) is 2. The summed E-state index contributed by atoms with van der Waals surface area (Å²) in [4.78, 5) is 11.6. The molecule has 0 unspecified atom stereocenters. The third-order valence-electron chi connectivity index (χ3n) is 6.22. The first-order chi connectivity index (χ1) is 14.7. The van der Waals surface area contributed by atoms with Gasteiger partial charge >= 0.3 is 5.97 Å². The molecule has 2 aromatic carbocycles. The van der Waals surface area contributed by atoms with Crippen molar-refractivity contribution < 1.29 is 14.6 Å². The minimum atomic E-state index is -0.931. The average molecular weight is 417 g/mol. The molecule has 1 aliphatic rings. The van der Waals surface area contributed by atoms with Crippen molar-refractivity contribution in [2.24, 2.45) is 0 Å². The van der Waals surface area contributed by atoms with Crippen molar-refractivity contribution in [2.75, 3.05) is 6.61 Å². The predicted molar refractivity (Wildman–Crippen MR) is 128 cm³/mol. The fraction of sp³-hybridized carbons (Fsp3) is 0.393. The van der Waals surface area contributed by atoms with Crippen molar-refractivity contribution in [3.63, 3.8) is 0 Å². The Morgan fingerprint density at radius 1 is 1.00 bits per heavy atom. The van der Waals surface area contributed by atoms with Crippen molar-refractivity contribution in [2.45, 2.75) is 64.7 Å². The molecule has 0 saturated heterocycles. The van der Waals surface area contributed by atoms with Gasteiger partial charge in [0.25, 0.3) is 0 Å². The highest BCUT2D eigenvalue weighted by atomic mass is 16.5. The SMILES string of the molecule is CCC#CCOc1cc2c(cc1/C=C/c1ccccc1C(=O)O)C(C)(C)CCC2(C)C. The van der Waals surface area contributed by atoms with Crippen molar-refractivity contribution in [1.29, 1.82) is 0 Å². The summed E-state index contributed by atoms with van der Waals surface area (Å²) in [5.41, 5.74) is 4.72. The molecule has 0 radical (unpaired) electrons. The lowest BCUT2D eigenvalue weighted by Gasteiger charge is -2.42. The van der Waals surface area contributed by atoms with Crippen molar-refractivity contribution in [3.05, 3.63) is 64.2 Å². The second-order valence-electron chi connectivity index (χ2n) is 9.42. The molecule has 162 valence electrons. The Hall–Kier alpha value is -2.99. The number of carbonyl (C=O) groups is 1. The minimum Gasteiger partial charge on any atom is -0.480 e. The molecule has 0 atom stereocenters. The van der Waals surface area contributed by atoms with Gasteiger partial charge in [-0.15, -0.1) is 5.92 Å². The van der Waals surface area contributed by atoms with Crippen LogP contribution in [0, 0.1) is 11.8 Å². The van der Waals surface area contributed by atoms with Crippen molar-refractivity contribution in [1.82, 2.24) is 0 Å². The molecule has 0 spiro atoms. The van der Waals surface area contributed by atoms with Gasteiger partial charge in [0.05, 0.1) is 5.56 Å². The molecule has 3 nitrogen and oxygen atoms in total. The largest absolute Gasteiger partial charge is 0.480 e. The number of aromatic carboxylic acids is 1. The number of ether oxygens (including phenoxy) is 1. The van der Waals surface area contributed by atoms with Gasteiger partial charge in [-0.3, -0.25) is 0 Å². The van der Waals surface area contributed by atoms with Gasteiger partial charge < -0.3 is 9.84 Å². The normalized spacial score (nSPS) is 16.3. The summed E-state index contributed by atoms with van der Waals surface area (Å²) in [7, 11) is 0. The maximum absolute atomic E-state index is 11.6. The fourth-order valence-electron chi connectivity index (χ4n) is 4.17. The van der Waals surface area contributed by atoms with E-state index in [1.807, 2.05) is 31.2 Å². The molecular weight excluding hydrogens is 384 g/mol. The van der Waals surface area contributed by atoms with Crippen LogP contribution in [0.25, 0.3) is 12.2 Å². The highest BCUT2D eigenvalue weighted by Gasteiger charge is 2.37. The Bertz CT molecular complexity index is 1060. The first-order valence-electron chi connectivity index (χ1n) is 10.9. The molecule has 0 aromatic heterocycles. The zero-order valence-corrected chi connectivity index (χ0v) is 19.2. The Kier molecular flexibility index (Phi) is 6.60. The van der Waals surface area contributed by atoms with Crippen LogP contribution in [0.5, 0.6) is 5.75 Å². The number of hydrogen-bond donors (Lipinski definition) is 1. The van der Waals surface area contributed by atoms with E-state index in [-0.39, 0.29) is 16.4 Å². The molecule has 31 heavy (non-hydrogen) atoms. The smallest absolute Gasteiger partial charge is 0.336 e. The predicted octanol–water partition coefficient (Wildman–Crippen LogP) is 6.70. The maximum atomic E-state index is 11.6. The van der Waals surface area contributed by atoms with E-state index in [0.717, 1.165) is 30.6 Å². The molecule has 0 fully saturated rings. The summed E-state index contributed by atoms with van der Waals surface area (Å²) in [5.74, 6) is 5.96. The highest BCUT2D eigenvalue weighted by Crippen LogP contribution is 2.47. The Morgan fingerprint density at radius 3 is 2.26 bits per heavy atom. The number of benzene rings is 2. The third kappa shape index (κ3) is 5.02. The zero-order valence-electron chi connectivity index (χ0n) is 19.2. The van der Waals surface area contributed by atoms with Gasteiger partial charge in [0.15, 0.2) is 0 Å². The fourth-order valence-corrected chi connectivity index (χ4v) is 4.17. The van der Waals surface area contributed by atoms with Crippen LogP contribution in [0.1, 0.15) is 86.5 Å². The van der Waals surface area contributed by atoms with Crippen LogP contribution in [-0.4, -0.2) is 17.7 Å². The van der Waals surface area contributed by atoms with Gasteiger partial charge in [-0.2, -0.15) is 0 Å². The van der Waals surface area contributed by atoms with Crippen LogP contribution in [0.2, 0.25) is 0 Å². The quantitative estimate of drug-likeness (QED) is 0.436. The van der Waals surface area contributed by atoms with Crippen LogP contribution < -0.4 is 4.74 Å². The number of carboxylic acids is 1. The lowest BCUT2D eigenvalue weighted by Crippen LogP contribution is -2.34. The second kappa shape index (κ2) is 9.02. The molecule has 0 heterocycles. The molecular formula is C28H32O3. The monoisotopic (exact) mass is 416 g/mol. The summed E-state index contributed by atoms with van der Waals surface area (Å²) >= 11 is 0. The van der Waals surface area contributed by atoms with E-state index in [2.05, 4.69) is 51.7 Å². The maximum Gasteiger partial charge on any atom is 0.336 e. The molecule has 2 aromatic rings. The molecule has 0 amide bonds. The summed E-state index contributed by atoms with van der Waals surface area (Å²) in [5, 5.41) is 9.49. The summed E-state index contributed by atoms with van der Waals surface area (Å²) in [6, 6.07) is 11.4. The van der Waals surface area contributed by atoms with E-state index < -0.39 is 5.97 Å². The lowest BCUT2D eigenvalue weighted by molar-refractivity contribution is 0.0696. The Morgan fingerprint density at radius 2 is 1.61 bits per heavy atom. The van der Waals surface area contributed by atoms with Crippen LogP contribution in [-0.2, 0) is 10.8 Å². The standard InChI is InChI=1S/C28H32O3/c1-6-7-10-17-31-25-19-24-23(27(2,3)15-16-28(24,4)5)18-21(25)14-13-20-11-8-9-12-22(20)26(29)30/h8-9,11-14,18-19H,6,15-17H2,1-5H3,(H,29,30)/b14-13+. The first-order valence-corrected chi connectivity index (χ1v) is 10.9.